The summed E-state index contributed by atoms with van der Waals surface area (Å²) in [5, 5.41) is 14.9. The molecule has 130 valence electrons. The molecule has 0 spiro atoms. The third-order valence-electron chi connectivity index (χ3n) is 4.01. The van der Waals surface area contributed by atoms with E-state index in [1.165, 1.54) is 24.3 Å². The maximum atomic E-state index is 13.1. The summed E-state index contributed by atoms with van der Waals surface area (Å²) < 4.78 is 39.4. The van der Waals surface area contributed by atoms with E-state index in [-0.39, 0.29) is 11.1 Å². The molecule has 4 nitrogen and oxygen atoms in total. The van der Waals surface area contributed by atoms with Gasteiger partial charge in [0.15, 0.2) is 5.72 Å². The van der Waals surface area contributed by atoms with E-state index in [0.717, 1.165) is 5.56 Å². The molecule has 1 N–H and O–H groups in total. The van der Waals surface area contributed by atoms with Crippen molar-refractivity contribution in [1.29, 1.82) is 0 Å². The number of alkyl halides is 3. The van der Waals surface area contributed by atoms with Gasteiger partial charge in [-0.05, 0) is 19.1 Å². The number of aliphatic hydroxyl groups is 1. The highest BCUT2D eigenvalue weighted by Gasteiger charge is 2.53. The second kappa shape index (κ2) is 6.00. The van der Waals surface area contributed by atoms with Crippen molar-refractivity contribution >= 4 is 11.6 Å². The Morgan fingerprint density at radius 1 is 1.16 bits per heavy atom. The van der Waals surface area contributed by atoms with Gasteiger partial charge < -0.3 is 5.11 Å². The van der Waals surface area contributed by atoms with Gasteiger partial charge in [0.2, 0.25) is 0 Å². The number of rotatable bonds is 2. The van der Waals surface area contributed by atoms with Gasteiger partial charge in [0.25, 0.3) is 5.91 Å². The fourth-order valence-electron chi connectivity index (χ4n) is 2.75. The zero-order valence-electron chi connectivity index (χ0n) is 13.3. The Bertz CT molecular complexity index is 834. The largest absolute Gasteiger partial charge is 0.431 e. The van der Waals surface area contributed by atoms with E-state index >= 15 is 0 Å². The maximum absolute atomic E-state index is 13.1. The topological polar surface area (TPSA) is 52.9 Å². The van der Waals surface area contributed by atoms with E-state index in [0.29, 0.717) is 5.01 Å². The van der Waals surface area contributed by atoms with Gasteiger partial charge in [-0.1, -0.05) is 48.0 Å². The molecule has 2 aromatic rings. The lowest BCUT2D eigenvalue weighted by atomic mass is 9.96. The van der Waals surface area contributed by atoms with Crippen molar-refractivity contribution in [2.75, 3.05) is 0 Å². The molecule has 1 atom stereocenters. The fourth-order valence-corrected chi connectivity index (χ4v) is 2.75. The van der Waals surface area contributed by atoms with Crippen LogP contribution in [0.15, 0.2) is 59.7 Å². The van der Waals surface area contributed by atoms with Crippen LogP contribution in [0.1, 0.15) is 27.9 Å². The monoisotopic (exact) mass is 348 g/mol. The summed E-state index contributed by atoms with van der Waals surface area (Å²) in [5.41, 5.74) is -2.29. The first-order valence-electron chi connectivity index (χ1n) is 7.55. The van der Waals surface area contributed by atoms with Crippen LogP contribution in [0, 0.1) is 6.92 Å². The van der Waals surface area contributed by atoms with Crippen LogP contribution in [0.2, 0.25) is 0 Å². The van der Waals surface area contributed by atoms with Crippen molar-refractivity contribution in [2.24, 2.45) is 5.10 Å². The summed E-state index contributed by atoms with van der Waals surface area (Å²) >= 11 is 0. The molecule has 0 bridgehead atoms. The average Bonchev–Trinajstić information content (AvgIpc) is 2.94. The summed E-state index contributed by atoms with van der Waals surface area (Å²) in [5.74, 6) is -0.797. The highest BCUT2D eigenvalue weighted by atomic mass is 19.4. The highest BCUT2D eigenvalue weighted by molar-refractivity contribution is 5.99. The van der Waals surface area contributed by atoms with Gasteiger partial charge in [0, 0.05) is 11.1 Å². The lowest BCUT2D eigenvalue weighted by Gasteiger charge is -2.31. The molecule has 0 fully saturated rings. The van der Waals surface area contributed by atoms with E-state index < -0.39 is 29.9 Å². The number of amides is 1. The molecule has 0 radical (unpaired) electrons. The van der Waals surface area contributed by atoms with Crippen molar-refractivity contribution in [2.45, 2.75) is 25.2 Å². The Labute approximate surface area is 142 Å². The van der Waals surface area contributed by atoms with Crippen LogP contribution in [0.25, 0.3) is 0 Å². The third kappa shape index (κ3) is 3.15. The van der Waals surface area contributed by atoms with Gasteiger partial charge in [-0.15, -0.1) is 0 Å². The second-order valence-electron chi connectivity index (χ2n) is 5.89. The van der Waals surface area contributed by atoms with E-state index in [1.54, 1.807) is 37.3 Å². The first-order chi connectivity index (χ1) is 11.7. The molecule has 2 aromatic carbocycles. The Kier molecular flexibility index (Phi) is 4.12. The predicted octanol–water partition coefficient (Wildman–Crippen LogP) is 3.60. The van der Waals surface area contributed by atoms with Crippen molar-refractivity contribution in [1.82, 2.24) is 5.01 Å². The van der Waals surface area contributed by atoms with E-state index in [9.17, 15) is 23.1 Å². The standard InChI is InChI=1S/C18H15F3N2O2/c1-12-6-5-7-13(10-12)16(24)23-17(25,14-8-3-2-4-9-14)11-15(22-23)18(19,20)21/h2-10,25H,11H2,1H3/t17-/m0/s1. The number of benzene rings is 2. The Balaban J connectivity index is 2.08. The minimum Gasteiger partial charge on any atom is -0.365 e. The molecule has 0 saturated heterocycles. The minimum absolute atomic E-state index is 0.154. The fraction of sp³-hybridized carbons (Fsp3) is 0.222. The zero-order chi connectivity index (χ0) is 18.2. The van der Waals surface area contributed by atoms with E-state index in [1.807, 2.05) is 0 Å². The lowest BCUT2D eigenvalue weighted by molar-refractivity contribution is -0.0816. The van der Waals surface area contributed by atoms with Gasteiger partial charge in [-0.3, -0.25) is 4.79 Å². The summed E-state index contributed by atoms with van der Waals surface area (Å²) in [4.78, 5) is 12.8. The Morgan fingerprint density at radius 2 is 1.84 bits per heavy atom. The van der Waals surface area contributed by atoms with Crippen LogP contribution in [-0.4, -0.2) is 27.9 Å². The molecule has 0 aromatic heterocycles. The SMILES string of the molecule is Cc1cccc(C(=O)N2N=C(C(F)(F)F)C[C@]2(O)c2ccccc2)c1. The van der Waals surface area contributed by atoms with Crippen molar-refractivity contribution in [3.8, 4) is 0 Å². The number of carbonyl (C=O) groups excluding carboxylic acids is 1. The van der Waals surface area contributed by atoms with Crippen LogP contribution >= 0.6 is 0 Å². The normalized spacial score (nSPS) is 20.5. The lowest BCUT2D eigenvalue weighted by Crippen LogP contribution is -2.43. The van der Waals surface area contributed by atoms with Crippen LogP contribution in [0.3, 0.4) is 0 Å². The van der Waals surface area contributed by atoms with Crippen molar-refractivity contribution in [3.63, 3.8) is 0 Å². The van der Waals surface area contributed by atoms with Crippen LogP contribution < -0.4 is 0 Å². The molecular formula is C18H15F3N2O2. The number of hydrogen-bond acceptors (Lipinski definition) is 3. The highest BCUT2D eigenvalue weighted by Crippen LogP contribution is 2.40. The van der Waals surface area contributed by atoms with E-state index in [4.69, 9.17) is 0 Å². The molecule has 7 heteroatoms. The number of hydrazone groups is 1. The maximum Gasteiger partial charge on any atom is 0.431 e. The number of aryl methyl sites for hydroxylation is 1. The van der Waals surface area contributed by atoms with Crippen molar-refractivity contribution in [3.05, 3.63) is 71.3 Å². The summed E-state index contributed by atoms with van der Waals surface area (Å²) in [6, 6.07) is 14.1. The summed E-state index contributed by atoms with van der Waals surface area (Å²) in [6.45, 7) is 1.76. The second-order valence-corrected chi connectivity index (χ2v) is 5.89. The number of hydrogen-bond donors (Lipinski definition) is 1. The summed E-state index contributed by atoms with van der Waals surface area (Å²) in [6.07, 6.45) is -5.55. The number of nitrogens with zero attached hydrogens (tertiary/aromatic N) is 2. The average molecular weight is 348 g/mol. The third-order valence-corrected chi connectivity index (χ3v) is 4.01. The molecule has 3 rings (SSSR count). The Morgan fingerprint density at radius 3 is 2.44 bits per heavy atom. The zero-order valence-corrected chi connectivity index (χ0v) is 13.3. The smallest absolute Gasteiger partial charge is 0.365 e. The van der Waals surface area contributed by atoms with Gasteiger partial charge in [-0.2, -0.15) is 23.3 Å². The quantitative estimate of drug-likeness (QED) is 0.901. The Hall–Kier alpha value is -2.67. The van der Waals surface area contributed by atoms with Crippen LogP contribution in [-0.2, 0) is 5.72 Å². The molecule has 1 aliphatic heterocycles. The van der Waals surface area contributed by atoms with Gasteiger partial charge in [-0.25, -0.2) is 0 Å². The van der Waals surface area contributed by atoms with Crippen molar-refractivity contribution < 1.29 is 23.1 Å². The van der Waals surface area contributed by atoms with Gasteiger partial charge >= 0.3 is 6.18 Å². The van der Waals surface area contributed by atoms with Gasteiger partial charge in [0.05, 0.1) is 6.42 Å². The minimum atomic E-state index is -4.73. The molecule has 1 amide bonds. The van der Waals surface area contributed by atoms with Crippen LogP contribution in [0.5, 0.6) is 0 Å². The first-order valence-corrected chi connectivity index (χ1v) is 7.55. The molecule has 1 aliphatic rings. The first kappa shape index (κ1) is 17.2. The molecule has 1 heterocycles. The molecule has 25 heavy (non-hydrogen) atoms. The molecular weight excluding hydrogens is 333 g/mol. The predicted molar refractivity (Wildman–Crippen MR) is 85.8 cm³/mol. The summed E-state index contributed by atoms with van der Waals surface area (Å²) in [7, 11) is 0. The molecule has 0 saturated carbocycles. The molecule has 0 unspecified atom stereocenters. The number of halogens is 3. The van der Waals surface area contributed by atoms with E-state index in [2.05, 4.69) is 5.10 Å². The molecule has 0 aliphatic carbocycles. The van der Waals surface area contributed by atoms with Gasteiger partial charge in [0.1, 0.15) is 5.71 Å². The number of carbonyl (C=O) groups is 1. The van der Waals surface area contributed by atoms with Crippen LogP contribution in [0.4, 0.5) is 13.2 Å².